The molecule has 1 aromatic heterocycles. The van der Waals surface area contributed by atoms with E-state index in [4.69, 9.17) is 9.47 Å². The second kappa shape index (κ2) is 8.47. The SMILES string of the molecule is CCOC(=O)CC(=O)C1CCc2nn(CC(C)(C)C(=O)OCC)cc2C1. The van der Waals surface area contributed by atoms with Crippen LogP contribution in [0, 0.1) is 11.3 Å². The predicted molar refractivity (Wildman–Crippen MR) is 94.4 cm³/mol. The molecule has 26 heavy (non-hydrogen) atoms. The monoisotopic (exact) mass is 364 g/mol. The van der Waals surface area contributed by atoms with Crippen LogP contribution in [0.2, 0.25) is 0 Å². The molecule has 7 nitrogen and oxygen atoms in total. The topological polar surface area (TPSA) is 87.5 Å². The quantitative estimate of drug-likeness (QED) is 0.518. The van der Waals surface area contributed by atoms with Crippen LogP contribution in [0.3, 0.4) is 0 Å². The Balaban J connectivity index is 2.01. The maximum atomic E-state index is 12.3. The van der Waals surface area contributed by atoms with E-state index < -0.39 is 11.4 Å². The van der Waals surface area contributed by atoms with Crippen LogP contribution in [0.25, 0.3) is 0 Å². The third-order valence-corrected chi connectivity index (χ3v) is 4.59. The highest BCUT2D eigenvalue weighted by molar-refractivity contribution is 5.97. The minimum Gasteiger partial charge on any atom is -0.466 e. The van der Waals surface area contributed by atoms with Gasteiger partial charge in [0.2, 0.25) is 0 Å². The first-order chi connectivity index (χ1) is 12.3. The number of aromatic nitrogens is 2. The zero-order chi connectivity index (χ0) is 19.3. The summed E-state index contributed by atoms with van der Waals surface area (Å²) in [6.45, 7) is 8.22. The summed E-state index contributed by atoms with van der Waals surface area (Å²) >= 11 is 0. The van der Waals surface area contributed by atoms with Crippen LogP contribution in [-0.4, -0.2) is 40.7 Å². The van der Waals surface area contributed by atoms with Gasteiger partial charge in [-0.2, -0.15) is 5.10 Å². The molecule has 1 aliphatic rings. The average molecular weight is 364 g/mol. The van der Waals surface area contributed by atoms with Crippen molar-refractivity contribution < 1.29 is 23.9 Å². The standard InChI is InChI=1S/C19H28N2O5/c1-5-25-17(23)10-16(22)13-7-8-15-14(9-13)11-21(20-15)12-19(3,4)18(24)26-6-2/h11,13H,5-10,12H2,1-4H3. The van der Waals surface area contributed by atoms with E-state index in [2.05, 4.69) is 5.10 Å². The van der Waals surface area contributed by atoms with Crippen molar-refractivity contribution in [3.8, 4) is 0 Å². The molecule has 0 saturated carbocycles. The van der Waals surface area contributed by atoms with E-state index in [-0.39, 0.29) is 30.7 Å². The maximum Gasteiger partial charge on any atom is 0.313 e. The van der Waals surface area contributed by atoms with E-state index in [0.717, 1.165) is 11.3 Å². The van der Waals surface area contributed by atoms with Crippen LogP contribution in [0.4, 0.5) is 0 Å². The summed E-state index contributed by atoms with van der Waals surface area (Å²) in [6.07, 6.45) is 3.69. The second-order valence-corrected chi connectivity index (χ2v) is 7.29. The maximum absolute atomic E-state index is 12.3. The lowest BCUT2D eigenvalue weighted by atomic mass is 9.84. The highest BCUT2D eigenvalue weighted by Crippen LogP contribution is 2.28. The number of Topliss-reactive ketones (excluding diaryl/α,β-unsaturated/α-hetero) is 1. The van der Waals surface area contributed by atoms with Crippen molar-refractivity contribution in [1.29, 1.82) is 0 Å². The first-order valence-corrected chi connectivity index (χ1v) is 9.17. The molecule has 0 amide bonds. The average Bonchev–Trinajstić information content (AvgIpc) is 2.95. The molecule has 0 fully saturated rings. The van der Waals surface area contributed by atoms with Crippen LogP contribution < -0.4 is 0 Å². The molecule has 1 aromatic rings. The lowest BCUT2D eigenvalue weighted by Gasteiger charge is -2.21. The van der Waals surface area contributed by atoms with Crippen LogP contribution in [0.15, 0.2) is 6.20 Å². The smallest absolute Gasteiger partial charge is 0.313 e. The number of fused-ring (bicyclic) bond motifs is 1. The fourth-order valence-electron chi connectivity index (χ4n) is 3.21. The summed E-state index contributed by atoms with van der Waals surface area (Å²) < 4.78 is 11.7. The fraction of sp³-hybridized carbons (Fsp3) is 0.684. The van der Waals surface area contributed by atoms with Gasteiger partial charge >= 0.3 is 11.9 Å². The number of hydrogen-bond acceptors (Lipinski definition) is 6. The van der Waals surface area contributed by atoms with Crippen molar-refractivity contribution in [2.75, 3.05) is 13.2 Å². The molecule has 0 radical (unpaired) electrons. The lowest BCUT2D eigenvalue weighted by Crippen LogP contribution is -2.31. The normalized spacial score (nSPS) is 16.7. The zero-order valence-corrected chi connectivity index (χ0v) is 16.0. The highest BCUT2D eigenvalue weighted by Gasteiger charge is 2.32. The van der Waals surface area contributed by atoms with Crippen molar-refractivity contribution in [3.05, 3.63) is 17.5 Å². The van der Waals surface area contributed by atoms with E-state index in [9.17, 15) is 14.4 Å². The van der Waals surface area contributed by atoms with Gasteiger partial charge in [0.05, 0.1) is 30.9 Å². The van der Waals surface area contributed by atoms with Crippen LogP contribution in [0.1, 0.15) is 51.8 Å². The molecule has 0 spiro atoms. The van der Waals surface area contributed by atoms with E-state index in [1.807, 2.05) is 20.0 Å². The molecule has 144 valence electrons. The van der Waals surface area contributed by atoms with Gasteiger partial charge in [-0.3, -0.25) is 19.1 Å². The van der Waals surface area contributed by atoms with E-state index in [0.29, 0.717) is 32.4 Å². The first kappa shape index (κ1) is 20.1. The largest absolute Gasteiger partial charge is 0.466 e. The number of ether oxygens (including phenoxy) is 2. The van der Waals surface area contributed by atoms with Crippen LogP contribution >= 0.6 is 0 Å². The highest BCUT2D eigenvalue weighted by atomic mass is 16.5. The predicted octanol–water partition coefficient (Wildman–Crippen LogP) is 2.10. The van der Waals surface area contributed by atoms with Gasteiger partial charge in [0, 0.05) is 12.1 Å². The molecule has 0 bridgehead atoms. The fourth-order valence-corrected chi connectivity index (χ4v) is 3.21. The number of carbonyl (C=O) groups is 3. The van der Waals surface area contributed by atoms with Gasteiger partial charge in [0.25, 0.3) is 0 Å². The van der Waals surface area contributed by atoms with Crippen LogP contribution in [0.5, 0.6) is 0 Å². The number of rotatable bonds is 8. The summed E-state index contributed by atoms with van der Waals surface area (Å²) in [5.41, 5.74) is 1.30. The summed E-state index contributed by atoms with van der Waals surface area (Å²) in [7, 11) is 0. The Bertz CT molecular complexity index is 677. The Hall–Kier alpha value is -2.18. The molecule has 1 atom stereocenters. The molecule has 0 aliphatic heterocycles. The Morgan fingerprint density at radius 1 is 1.23 bits per heavy atom. The van der Waals surface area contributed by atoms with Crippen molar-refractivity contribution in [2.24, 2.45) is 11.3 Å². The third-order valence-electron chi connectivity index (χ3n) is 4.59. The van der Waals surface area contributed by atoms with E-state index in [1.165, 1.54) is 0 Å². The van der Waals surface area contributed by atoms with Crippen LogP contribution in [-0.2, 0) is 43.2 Å². The van der Waals surface area contributed by atoms with Gasteiger partial charge < -0.3 is 9.47 Å². The van der Waals surface area contributed by atoms with Gasteiger partial charge in [-0.15, -0.1) is 0 Å². The number of nitrogens with zero attached hydrogens (tertiary/aromatic N) is 2. The minimum absolute atomic E-state index is 0.0753. The molecule has 1 unspecified atom stereocenters. The van der Waals surface area contributed by atoms with E-state index in [1.54, 1.807) is 18.5 Å². The summed E-state index contributed by atoms with van der Waals surface area (Å²) in [4.78, 5) is 35.9. The molecule has 2 rings (SSSR count). The molecule has 7 heteroatoms. The number of hydrogen-bond donors (Lipinski definition) is 0. The molecular weight excluding hydrogens is 336 g/mol. The molecule has 0 N–H and O–H groups in total. The summed E-state index contributed by atoms with van der Waals surface area (Å²) in [5.74, 6) is -0.970. The zero-order valence-electron chi connectivity index (χ0n) is 16.0. The Kier molecular flexibility index (Phi) is 6.56. The Morgan fingerprint density at radius 2 is 1.92 bits per heavy atom. The Labute approximate surface area is 154 Å². The third kappa shape index (κ3) is 4.93. The van der Waals surface area contributed by atoms with Crippen molar-refractivity contribution in [2.45, 2.75) is 59.9 Å². The summed E-state index contributed by atoms with van der Waals surface area (Å²) in [5, 5.41) is 4.57. The molecule has 0 saturated heterocycles. The molecule has 1 heterocycles. The molecular formula is C19H28N2O5. The van der Waals surface area contributed by atoms with Crippen molar-refractivity contribution >= 4 is 17.7 Å². The van der Waals surface area contributed by atoms with Crippen molar-refractivity contribution in [3.63, 3.8) is 0 Å². The number of aryl methyl sites for hydroxylation is 1. The number of ketones is 1. The summed E-state index contributed by atoms with van der Waals surface area (Å²) in [6, 6.07) is 0. The minimum atomic E-state index is -0.677. The van der Waals surface area contributed by atoms with Gasteiger partial charge in [-0.05, 0) is 52.5 Å². The van der Waals surface area contributed by atoms with Gasteiger partial charge in [-0.1, -0.05) is 0 Å². The van der Waals surface area contributed by atoms with Gasteiger partial charge in [-0.25, -0.2) is 0 Å². The first-order valence-electron chi connectivity index (χ1n) is 9.17. The number of esters is 2. The lowest BCUT2D eigenvalue weighted by molar-refractivity contribution is -0.154. The second-order valence-electron chi connectivity index (χ2n) is 7.29. The van der Waals surface area contributed by atoms with E-state index >= 15 is 0 Å². The van der Waals surface area contributed by atoms with Gasteiger partial charge in [0.1, 0.15) is 12.2 Å². The Morgan fingerprint density at radius 3 is 2.58 bits per heavy atom. The van der Waals surface area contributed by atoms with Gasteiger partial charge in [0.15, 0.2) is 0 Å². The molecule has 1 aliphatic carbocycles. The number of carbonyl (C=O) groups excluding carboxylic acids is 3. The van der Waals surface area contributed by atoms with Crippen molar-refractivity contribution in [1.82, 2.24) is 9.78 Å². The molecule has 0 aromatic carbocycles.